The van der Waals surface area contributed by atoms with E-state index in [4.69, 9.17) is 4.74 Å². The molecule has 0 saturated carbocycles. The van der Waals surface area contributed by atoms with Gasteiger partial charge < -0.3 is 14.9 Å². The van der Waals surface area contributed by atoms with Gasteiger partial charge in [-0.2, -0.15) is 0 Å². The van der Waals surface area contributed by atoms with Crippen LogP contribution in [0.2, 0.25) is 0 Å². The van der Waals surface area contributed by atoms with Gasteiger partial charge in [-0.25, -0.2) is 0 Å². The van der Waals surface area contributed by atoms with Crippen molar-refractivity contribution in [1.29, 1.82) is 0 Å². The van der Waals surface area contributed by atoms with Crippen LogP contribution >= 0.6 is 0 Å². The van der Waals surface area contributed by atoms with Gasteiger partial charge in [0.25, 0.3) is 0 Å². The maximum atomic E-state index is 9.46. The summed E-state index contributed by atoms with van der Waals surface area (Å²) in [6, 6.07) is 15.3. The van der Waals surface area contributed by atoms with E-state index in [1.165, 1.54) is 12.1 Å². The Morgan fingerprint density at radius 3 is 2.22 bits per heavy atom. The molecule has 0 unspecified atom stereocenters. The molecule has 3 nitrogen and oxygen atoms in total. The van der Waals surface area contributed by atoms with Gasteiger partial charge in [-0.3, -0.25) is 0 Å². The molecule has 0 aliphatic rings. The third-order valence-corrected chi connectivity index (χ3v) is 2.56. The van der Waals surface area contributed by atoms with Crippen molar-refractivity contribution in [3.05, 3.63) is 54.1 Å². The Labute approximate surface area is 106 Å². The van der Waals surface area contributed by atoms with Crippen molar-refractivity contribution in [3.8, 4) is 17.2 Å². The number of benzene rings is 2. The average Bonchev–Trinajstić information content (AvgIpc) is 2.28. The van der Waals surface area contributed by atoms with E-state index in [1.807, 2.05) is 13.8 Å². The van der Waals surface area contributed by atoms with Crippen molar-refractivity contribution in [2.45, 2.75) is 19.4 Å². The summed E-state index contributed by atoms with van der Waals surface area (Å²) in [4.78, 5) is 0. The lowest BCUT2D eigenvalue weighted by atomic mass is 9.98. The molecule has 0 aromatic heterocycles. The third-order valence-electron chi connectivity index (χ3n) is 2.56. The summed E-state index contributed by atoms with van der Waals surface area (Å²) in [5.41, 5.74) is 0.0440. The van der Waals surface area contributed by atoms with E-state index < -0.39 is 5.60 Å². The van der Waals surface area contributed by atoms with Crippen LogP contribution in [0.15, 0.2) is 36.4 Å². The quantitative estimate of drug-likeness (QED) is 0.869. The highest BCUT2D eigenvalue weighted by Crippen LogP contribution is 2.30. The number of phenolic OH excluding ortho intramolecular Hbond substituents is 2. The van der Waals surface area contributed by atoms with Crippen LogP contribution in [-0.4, -0.2) is 10.2 Å². The molecule has 18 heavy (non-hydrogen) atoms. The van der Waals surface area contributed by atoms with Gasteiger partial charge in [0.15, 0.2) is 0 Å². The molecule has 0 fully saturated rings. The Balaban J connectivity index is 2.26. The molecular formula is C15H14O3. The van der Waals surface area contributed by atoms with Crippen LogP contribution in [0.5, 0.6) is 17.2 Å². The first kappa shape index (κ1) is 12.3. The molecule has 2 aromatic rings. The Bertz CT molecular complexity index is 547. The first-order valence-electron chi connectivity index (χ1n) is 5.58. The lowest BCUT2D eigenvalue weighted by molar-refractivity contribution is 0.107. The van der Waals surface area contributed by atoms with Gasteiger partial charge in [-0.1, -0.05) is 6.07 Å². The van der Waals surface area contributed by atoms with E-state index >= 15 is 0 Å². The first-order valence-corrected chi connectivity index (χ1v) is 5.58. The highest BCUT2D eigenvalue weighted by Gasteiger charge is 2.23. The minimum atomic E-state index is -0.678. The predicted molar refractivity (Wildman–Crippen MR) is 67.5 cm³/mol. The molecule has 0 heterocycles. The predicted octanol–water partition coefficient (Wildman–Crippen LogP) is 3.01. The summed E-state index contributed by atoms with van der Waals surface area (Å²) in [5, 5.41) is 18.8. The summed E-state index contributed by atoms with van der Waals surface area (Å²) < 4.78 is 5.77. The molecule has 0 spiro atoms. The fourth-order valence-corrected chi connectivity index (χ4v) is 1.62. The van der Waals surface area contributed by atoms with Gasteiger partial charge in [0.1, 0.15) is 22.8 Å². The maximum absolute atomic E-state index is 9.46. The second-order valence-electron chi connectivity index (χ2n) is 4.48. The topological polar surface area (TPSA) is 49.7 Å². The van der Waals surface area contributed by atoms with Crippen molar-refractivity contribution in [2.24, 2.45) is 0 Å². The lowest BCUT2D eigenvalue weighted by Crippen LogP contribution is -2.25. The van der Waals surface area contributed by atoms with E-state index in [2.05, 4.69) is 12.1 Å². The minimum absolute atomic E-state index is 0.124. The summed E-state index contributed by atoms with van der Waals surface area (Å²) in [6.45, 7) is 3.71. The summed E-state index contributed by atoms with van der Waals surface area (Å²) in [6.07, 6.45) is 0. The molecule has 0 atom stereocenters. The fraction of sp³-hybridized carbons (Fsp3) is 0.200. The molecule has 2 rings (SSSR count). The zero-order valence-electron chi connectivity index (χ0n) is 10.3. The SMILES string of the molecule is CC(C)(Oc1[c]ccc(O)c1)c1[c]ccc(O)c1. The Morgan fingerprint density at radius 2 is 1.61 bits per heavy atom. The van der Waals surface area contributed by atoms with E-state index in [9.17, 15) is 10.2 Å². The normalized spacial score (nSPS) is 11.2. The zero-order valence-corrected chi connectivity index (χ0v) is 10.3. The lowest BCUT2D eigenvalue weighted by Gasteiger charge is -2.26. The molecule has 2 N–H and O–H groups in total. The zero-order chi connectivity index (χ0) is 13.2. The molecule has 2 radical (unpaired) electrons. The third kappa shape index (κ3) is 2.74. The van der Waals surface area contributed by atoms with Crippen LogP contribution in [0.1, 0.15) is 19.4 Å². The second kappa shape index (κ2) is 4.61. The molecule has 0 aliphatic heterocycles. The van der Waals surface area contributed by atoms with Crippen molar-refractivity contribution >= 4 is 0 Å². The van der Waals surface area contributed by atoms with Gasteiger partial charge in [0, 0.05) is 17.7 Å². The smallest absolute Gasteiger partial charge is 0.132 e. The van der Waals surface area contributed by atoms with Crippen LogP contribution in [0.4, 0.5) is 0 Å². The minimum Gasteiger partial charge on any atom is -0.508 e. The first-order chi connectivity index (χ1) is 8.47. The van der Waals surface area contributed by atoms with E-state index in [-0.39, 0.29) is 11.5 Å². The van der Waals surface area contributed by atoms with Crippen LogP contribution in [0.25, 0.3) is 0 Å². The van der Waals surface area contributed by atoms with Crippen LogP contribution in [0.3, 0.4) is 0 Å². The van der Waals surface area contributed by atoms with Crippen molar-refractivity contribution < 1.29 is 14.9 Å². The van der Waals surface area contributed by atoms with Crippen LogP contribution in [-0.2, 0) is 5.60 Å². The van der Waals surface area contributed by atoms with Gasteiger partial charge >= 0.3 is 0 Å². The van der Waals surface area contributed by atoms with E-state index in [0.717, 1.165) is 5.56 Å². The van der Waals surface area contributed by atoms with Gasteiger partial charge in [-0.15, -0.1) is 0 Å². The fourth-order valence-electron chi connectivity index (χ4n) is 1.62. The monoisotopic (exact) mass is 242 g/mol. The van der Waals surface area contributed by atoms with Gasteiger partial charge in [-0.05, 0) is 44.2 Å². The number of phenols is 2. The second-order valence-corrected chi connectivity index (χ2v) is 4.48. The summed E-state index contributed by atoms with van der Waals surface area (Å²) in [7, 11) is 0. The van der Waals surface area contributed by atoms with Crippen LogP contribution < -0.4 is 4.74 Å². The largest absolute Gasteiger partial charge is 0.508 e. The number of rotatable bonds is 3. The van der Waals surface area contributed by atoms with E-state index in [1.54, 1.807) is 24.3 Å². The molecule has 0 bridgehead atoms. The van der Waals surface area contributed by atoms with Crippen molar-refractivity contribution in [1.82, 2.24) is 0 Å². The molecule has 0 aliphatic carbocycles. The number of hydrogen-bond donors (Lipinski definition) is 2. The van der Waals surface area contributed by atoms with Gasteiger partial charge in [0.05, 0.1) is 0 Å². The number of aromatic hydroxyl groups is 2. The molecular weight excluding hydrogens is 228 g/mol. The standard InChI is InChI=1S/C15H14O3/c1-15(2,11-5-3-6-12(16)9-11)18-14-8-4-7-13(17)10-14/h3-4,6-7,9-10,16-17H,1-2H3. The molecule has 3 heteroatoms. The van der Waals surface area contributed by atoms with Crippen molar-refractivity contribution in [3.63, 3.8) is 0 Å². The Kier molecular flexibility index (Phi) is 3.15. The highest BCUT2D eigenvalue weighted by molar-refractivity contribution is 5.34. The Hall–Kier alpha value is -2.16. The highest BCUT2D eigenvalue weighted by atomic mass is 16.5. The molecule has 92 valence electrons. The summed E-state index contributed by atoms with van der Waals surface area (Å²) in [5.74, 6) is 0.733. The van der Waals surface area contributed by atoms with Crippen LogP contribution in [0, 0.1) is 12.1 Å². The maximum Gasteiger partial charge on any atom is 0.132 e. The van der Waals surface area contributed by atoms with E-state index in [0.29, 0.717) is 5.75 Å². The van der Waals surface area contributed by atoms with Gasteiger partial charge in [0.2, 0.25) is 0 Å². The number of hydrogen-bond acceptors (Lipinski definition) is 3. The molecule has 0 amide bonds. The average molecular weight is 242 g/mol. The van der Waals surface area contributed by atoms with Crippen molar-refractivity contribution in [2.75, 3.05) is 0 Å². The Morgan fingerprint density at radius 1 is 1.00 bits per heavy atom. The summed E-state index contributed by atoms with van der Waals surface area (Å²) >= 11 is 0. The molecule has 0 saturated heterocycles. The molecule has 2 aromatic carbocycles. The number of ether oxygens (including phenoxy) is 1.